The molecule has 0 bridgehead atoms. The van der Waals surface area contributed by atoms with E-state index in [4.69, 9.17) is 0 Å². The summed E-state index contributed by atoms with van der Waals surface area (Å²) in [6, 6.07) is 5.21. The van der Waals surface area contributed by atoms with Crippen LogP contribution in [-0.2, 0) is 11.0 Å². The molecule has 1 aliphatic heterocycles. The number of carbonyl (C=O) groups excluding carboxylic acids is 2. The SMILES string of the molecule is Cc1cc(C(F)(F)F)cc(N2C(=O)NCC2C(=O)N(C)c2ccc3c(C)[nH]nc3c2)n1. The molecule has 1 fully saturated rings. The Kier molecular flexibility index (Phi) is 4.83. The topological polar surface area (TPSA) is 94.2 Å². The van der Waals surface area contributed by atoms with E-state index < -0.39 is 29.7 Å². The number of aromatic nitrogens is 3. The summed E-state index contributed by atoms with van der Waals surface area (Å²) >= 11 is 0. The van der Waals surface area contributed by atoms with Crippen LogP contribution in [0, 0.1) is 13.8 Å². The van der Waals surface area contributed by atoms with Crippen LogP contribution >= 0.6 is 0 Å². The predicted octanol–water partition coefficient (Wildman–Crippen LogP) is 3.15. The zero-order valence-electron chi connectivity index (χ0n) is 16.9. The van der Waals surface area contributed by atoms with E-state index in [0.29, 0.717) is 11.2 Å². The van der Waals surface area contributed by atoms with E-state index in [2.05, 4.69) is 20.5 Å². The van der Waals surface area contributed by atoms with E-state index >= 15 is 0 Å². The predicted molar refractivity (Wildman–Crippen MR) is 108 cm³/mol. The van der Waals surface area contributed by atoms with Crippen LogP contribution in [0.15, 0.2) is 30.3 Å². The Bertz CT molecular complexity index is 1190. The molecule has 3 amide bonds. The molecule has 2 aromatic heterocycles. The first-order valence-electron chi connectivity index (χ1n) is 9.41. The van der Waals surface area contributed by atoms with Gasteiger partial charge in [-0.2, -0.15) is 18.3 Å². The number of fused-ring (bicyclic) bond motifs is 1. The van der Waals surface area contributed by atoms with E-state index in [-0.39, 0.29) is 18.1 Å². The van der Waals surface area contributed by atoms with Gasteiger partial charge in [0, 0.05) is 36.1 Å². The Hall–Kier alpha value is -3.63. The summed E-state index contributed by atoms with van der Waals surface area (Å²) in [5.74, 6) is -0.700. The lowest BCUT2D eigenvalue weighted by molar-refractivity contribution is -0.137. The van der Waals surface area contributed by atoms with Crippen LogP contribution in [0.25, 0.3) is 10.9 Å². The Morgan fingerprint density at radius 2 is 1.97 bits per heavy atom. The number of pyridine rings is 1. The molecule has 1 aromatic carbocycles. The smallest absolute Gasteiger partial charge is 0.335 e. The van der Waals surface area contributed by atoms with Crippen molar-refractivity contribution in [1.82, 2.24) is 20.5 Å². The molecule has 1 unspecified atom stereocenters. The van der Waals surface area contributed by atoms with Gasteiger partial charge in [0.05, 0.1) is 11.1 Å². The molecule has 3 heterocycles. The van der Waals surface area contributed by atoms with E-state index in [1.165, 1.54) is 18.9 Å². The van der Waals surface area contributed by atoms with Crippen LogP contribution < -0.4 is 15.1 Å². The third-order valence-electron chi connectivity index (χ3n) is 5.22. The van der Waals surface area contributed by atoms with Crippen molar-refractivity contribution in [3.8, 4) is 0 Å². The number of rotatable bonds is 3. The first kappa shape index (κ1) is 20.6. The minimum Gasteiger partial charge on any atom is -0.335 e. The number of nitrogens with zero attached hydrogens (tertiary/aromatic N) is 4. The summed E-state index contributed by atoms with van der Waals surface area (Å²) in [6.45, 7) is 3.22. The van der Waals surface area contributed by atoms with Crippen molar-refractivity contribution in [2.75, 3.05) is 23.4 Å². The largest absolute Gasteiger partial charge is 0.416 e. The van der Waals surface area contributed by atoms with Crippen molar-refractivity contribution < 1.29 is 22.8 Å². The maximum absolute atomic E-state index is 13.2. The zero-order chi connectivity index (χ0) is 22.5. The molecule has 0 aliphatic carbocycles. The van der Waals surface area contributed by atoms with Gasteiger partial charge < -0.3 is 10.2 Å². The Balaban J connectivity index is 1.67. The highest BCUT2D eigenvalue weighted by atomic mass is 19.4. The van der Waals surface area contributed by atoms with Crippen LogP contribution in [0.3, 0.4) is 0 Å². The molecule has 3 aromatic rings. The summed E-state index contributed by atoms with van der Waals surface area (Å²) in [6.07, 6.45) is -4.61. The van der Waals surface area contributed by atoms with Gasteiger partial charge in [-0.3, -0.25) is 14.8 Å². The van der Waals surface area contributed by atoms with Crippen molar-refractivity contribution in [2.24, 2.45) is 0 Å². The number of anilines is 2. The molecule has 0 radical (unpaired) electrons. The number of hydrogen-bond acceptors (Lipinski definition) is 4. The quantitative estimate of drug-likeness (QED) is 0.665. The molecule has 31 heavy (non-hydrogen) atoms. The van der Waals surface area contributed by atoms with Crippen molar-refractivity contribution in [1.29, 1.82) is 0 Å². The third-order valence-corrected chi connectivity index (χ3v) is 5.22. The third kappa shape index (κ3) is 3.66. The summed E-state index contributed by atoms with van der Waals surface area (Å²) in [5, 5.41) is 10.5. The van der Waals surface area contributed by atoms with Crippen molar-refractivity contribution >= 4 is 34.3 Å². The molecule has 4 rings (SSSR count). The van der Waals surface area contributed by atoms with E-state index in [0.717, 1.165) is 28.1 Å². The van der Waals surface area contributed by atoms with Gasteiger partial charge in [0.1, 0.15) is 11.9 Å². The molecular weight excluding hydrogens is 413 g/mol. The lowest BCUT2D eigenvalue weighted by Gasteiger charge is -2.27. The van der Waals surface area contributed by atoms with Crippen molar-refractivity contribution in [3.63, 3.8) is 0 Å². The van der Waals surface area contributed by atoms with Gasteiger partial charge in [-0.1, -0.05) is 0 Å². The summed E-state index contributed by atoms with van der Waals surface area (Å²) in [4.78, 5) is 32.0. The number of hydrogen-bond donors (Lipinski definition) is 2. The summed E-state index contributed by atoms with van der Waals surface area (Å²) in [7, 11) is 1.54. The molecule has 8 nitrogen and oxygen atoms in total. The maximum Gasteiger partial charge on any atom is 0.416 e. The van der Waals surface area contributed by atoms with Gasteiger partial charge >= 0.3 is 12.2 Å². The van der Waals surface area contributed by atoms with Gasteiger partial charge in [-0.05, 0) is 44.2 Å². The number of halogens is 3. The number of benzene rings is 1. The molecule has 0 spiro atoms. The molecule has 11 heteroatoms. The second-order valence-electron chi connectivity index (χ2n) is 7.37. The van der Waals surface area contributed by atoms with Crippen LogP contribution in [-0.4, -0.2) is 46.8 Å². The van der Waals surface area contributed by atoms with Crippen molar-refractivity contribution in [2.45, 2.75) is 26.1 Å². The first-order valence-corrected chi connectivity index (χ1v) is 9.41. The van der Waals surface area contributed by atoms with Crippen LogP contribution in [0.5, 0.6) is 0 Å². The number of urea groups is 1. The van der Waals surface area contributed by atoms with Crippen LogP contribution in [0.2, 0.25) is 0 Å². The normalized spacial score (nSPS) is 16.6. The average Bonchev–Trinajstić information content (AvgIpc) is 3.28. The summed E-state index contributed by atoms with van der Waals surface area (Å²) < 4.78 is 39.7. The number of nitrogens with one attached hydrogen (secondary N) is 2. The number of aromatic amines is 1. The second kappa shape index (κ2) is 7.25. The fraction of sp³-hybridized carbons (Fsp3) is 0.300. The Morgan fingerprint density at radius 1 is 1.23 bits per heavy atom. The monoisotopic (exact) mass is 432 g/mol. The van der Waals surface area contributed by atoms with E-state index in [9.17, 15) is 22.8 Å². The number of H-pyrrole nitrogens is 1. The molecule has 162 valence electrons. The molecule has 1 atom stereocenters. The number of likely N-dealkylation sites (N-methyl/N-ethyl adjacent to an activating group) is 1. The molecular formula is C20H19F3N6O2. The summed E-state index contributed by atoms with van der Waals surface area (Å²) in [5.41, 5.74) is 1.24. The standard InChI is InChI=1S/C20H19F3N6O2/c1-10-6-12(20(21,22)23)7-17(25-10)29-16(9-24-19(29)31)18(30)28(3)13-4-5-14-11(2)26-27-15(14)8-13/h4-8,16H,9H2,1-3H3,(H,24,31)(H,26,27). The molecule has 1 saturated heterocycles. The van der Waals surface area contributed by atoms with E-state index in [1.54, 1.807) is 12.1 Å². The fourth-order valence-corrected chi connectivity index (χ4v) is 3.59. The van der Waals surface area contributed by atoms with E-state index in [1.807, 2.05) is 13.0 Å². The number of alkyl halides is 3. The highest BCUT2D eigenvalue weighted by Gasteiger charge is 2.41. The second-order valence-corrected chi connectivity index (χ2v) is 7.37. The number of amides is 3. The van der Waals surface area contributed by atoms with Gasteiger partial charge in [0.25, 0.3) is 5.91 Å². The minimum atomic E-state index is -4.61. The van der Waals surface area contributed by atoms with Crippen LogP contribution in [0.4, 0.5) is 29.5 Å². The molecule has 2 N–H and O–H groups in total. The highest BCUT2D eigenvalue weighted by Crippen LogP contribution is 2.33. The first-order chi connectivity index (χ1) is 14.6. The molecule has 0 saturated carbocycles. The number of aryl methyl sites for hydroxylation is 2. The average molecular weight is 432 g/mol. The Labute approximate surface area is 175 Å². The Morgan fingerprint density at radius 3 is 2.68 bits per heavy atom. The molecule has 1 aliphatic rings. The lowest BCUT2D eigenvalue weighted by atomic mass is 10.1. The van der Waals surface area contributed by atoms with Gasteiger partial charge in [0.15, 0.2) is 0 Å². The highest BCUT2D eigenvalue weighted by molar-refractivity contribution is 6.08. The lowest BCUT2D eigenvalue weighted by Crippen LogP contribution is -2.47. The van der Waals surface area contributed by atoms with Crippen molar-refractivity contribution in [3.05, 3.63) is 47.3 Å². The van der Waals surface area contributed by atoms with Gasteiger partial charge in [-0.25, -0.2) is 9.78 Å². The fourth-order valence-electron chi connectivity index (χ4n) is 3.59. The van der Waals surface area contributed by atoms with Crippen LogP contribution in [0.1, 0.15) is 17.0 Å². The maximum atomic E-state index is 13.2. The zero-order valence-corrected chi connectivity index (χ0v) is 16.9. The number of carbonyl (C=O) groups is 2. The van der Waals surface area contributed by atoms with Gasteiger partial charge in [-0.15, -0.1) is 0 Å². The van der Waals surface area contributed by atoms with Gasteiger partial charge in [0.2, 0.25) is 0 Å². The minimum absolute atomic E-state index is 0.0528.